The van der Waals surface area contributed by atoms with Gasteiger partial charge in [0, 0.05) is 28.8 Å². The third kappa shape index (κ3) is 3.74. The molecule has 0 spiro atoms. The number of aromatic nitrogens is 3. The van der Waals surface area contributed by atoms with Gasteiger partial charge in [-0.3, -0.25) is 0 Å². The number of nitriles is 1. The Kier molecular flexibility index (Phi) is 5.21. The summed E-state index contributed by atoms with van der Waals surface area (Å²) in [6, 6.07) is 12.0. The highest BCUT2D eigenvalue weighted by Crippen LogP contribution is 2.41. The molecule has 0 saturated carbocycles. The summed E-state index contributed by atoms with van der Waals surface area (Å²) in [6.45, 7) is 1.81. The van der Waals surface area contributed by atoms with Gasteiger partial charge in [0.2, 0.25) is 5.95 Å². The lowest BCUT2D eigenvalue weighted by Gasteiger charge is -2.36. The van der Waals surface area contributed by atoms with Crippen molar-refractivity contribution < 1.29 is 17.6 Å². The van der Waals surface area contributed by atoms with E-state index in [1.54, 1.807) is 35.2 Å². The van der Waals surface area contributed by atoms with E-state index in [0.29, 0.717) is 29.7 Å². The normalized spacial score (nSPS) is 15.9. The van der Waals surface area contributed by atoms with Gasteiger partial charge in [-0.1, -0.05) is 23.7 Å². The van der Waals surface area contributed by atoms with E-state index in [2.05, 4.69) is 21.0 Å². The second-order valence-electron chi connectivity index (χ2n) is 8.10. The molecule has 1 aliphatic rings. The number of fused-ring (bicyclic) bond motifs is 3. The maximum atomic E-state index is 14.1. The van der Waals surface area contributed by atoms with Gasteiger partial charge in [0.05, 0.1) is 22.7 Å². The molecule has 1 unspecified atom stereocenters. The first kappa shape index (κ1) is 22.2. The number of nitrogens with zero attached hydrogens (tertiary/aromatic N) is 4. The van der Waals surface area contributed by atoms with Gasteiger partial charge >= 0.3 is 6.18 Å². The number of halogens is 5. The van der Waals surface area contributed by atoms with E-state index in [0.717, 1.165) is 22.6 Å². The second-order valence-corrected chi connectivity index (χ2v) is 8.51. The molecular weight excluding hydrogens is 470 g/mol. The molecule has 5 nitrogen and oxygen atoms in total. The van der Waals surface area contributed by atoms with E-state index in [1.807, 2.05) is 0 Å². The fourth-order valence-corrected chi connectivity index (χ4v) is 4.58. The van der Waals surface area contributed by atoms with E-state index in [9.17, 15) is 22.8 Å². The maximum Gasteiger partial charge on any atom is 0.433 e. The zero-order valence-electron chi connectivity index (χ0n) is 17.7. The Morgan fingerprint density at radius 2 is 1.88 bits per heavy atom. The van der Waals surface area contributed by atoms with Crippen LogP contribution in [0.25, 0.3) is 10.9 Å². The Morgan fingerprint density at radius 1 is 1.15 bits per heavy atom. The smallest absolute Gasteiger partial charge is 0.356 e. The van der Waals surface area contributed by atoms with Crippen molar-refractivity contribution in [2.24, 2.45) is 0 Å². The maximum absolute atomic E-state index is 14.1. The van der Waals surface area contributed by atoms with Crippen LogP contribution in [-0.4, -0.2) is 21.5 Å². The lowest BCUT2D eigenvalue weighted by Crippen LogP contribution is -2.37. The first-order chi connectivity index (χ1) is 16.2. The van der Waals surface area contributed by atoms with Crippen LogP contribution >= 0.6 is 11.6 Å². The first-order valence-electron chi connectivity index (χ1n) is 10.3. The highest BCUT2D eigenvalue weighted by atomic mass is 35.5. The highest BCUT2D eigenvalue weighted by Gasteiger charge is 2.37. The summed E-state index contributed by atoms with van der Waals surface area (Å²) in [4.78, 5) is 13.1. The Labute approximate surface area is 196 Å². The topological polar surface area (TPSA) is 68.6 Å². The molecule has 1 N–H and O–H groups in total. The molecule has 0 radical (unpaired) electrons. The van der Waals surface area contributed by atoms with Crippen molar-refractivity contribution in [1.29, 1.82) is 5.26 Å². The largest absolute Gasteiger partial charge is 0.433 e. The molecule has 172 valence electrons. The van der Waals surface area contributed by atoms with Crippen molar-refractivity contribution in [1.82, 2.24) is 15.0 Å². The van der Waals surface area contributed by atoms with Crippen LogP contribution in [0.15, 0.2) is 42.5 Å². The summed E-state index contributed by atoms with van der Waals surface area (Å²) in [7, 11) is 0. The number of hydrogen-bond donors (Lipinski definition) is 1. The molecule has 1 atom stereocenters. The first-order valence-corrected chi connectivity index (χ1v) is 10.7. The zero-order valence-corrected chi connectivity index (χ0v) is 18.5. The average Bonchev–Trinajstić information content (AvgIpc) is 3.15. The Hall–Kier alpha value is -3.64. The Balaban J connectivity index is 1.72. The van der Waals surface area contributed by atoms with E-state index >= 15 is 0 Å². The fraction of sp³-hybridized carbons (Fsp3) is 0.208. The van der Waals surface area contributed by atoms with E-state index in [-0.39, 0.29) is 16.7 Å². The minimum atomic E-state index is -4.62. The fourth-order valence-electron chi connectivity index (χ4n) is 4.41. The average molecular weight is 486 g/mol. The number of nitrogens with one attached hydrogen (secondary N) is 1. The van der Waals surface area contributed by atoms with Crippen LogP contribution in [0.5, 0.6) is 0 Å². The lowest BCUT2D eigenvalue weighted by atomic mass is 9.92. The summed E-state index contributed by atoms with van der Waals surface area (Å²) in [6.07, 6.45) is -4.16. The van der Waals surface area contributed by atoms with Crippen LogP contribution in [0.4, 0.5) is 23.5 Å². The molecule has 5 rings (SSSR count). The highest BCUT2D eigenvalue weighted by molar-refractivity contribution is 6.31. The molecule has 1 aliphatic heterocycles. The third-order valence-corrected chi connectivity index (χ3v) is 6.20. The van der Waals surface area contributed by atoms with Gasteiger partial charge < -0.3 is 9.88 Å². The van der Waals surface area contributed by atoms with Gasteiger partial charge in [0.15, 0.2) is 0 Å². The molecule has 10 heteroatoms. The summed E-state index contributed by atoms with van der Waals surface area (Å²) < 4.78 is 54.6. The number of hydrogen-bond acceptors (Lipinski definition) is 4. The number of rotatable bonds is 2. The number of benzene rings is 2. The van der Waals surface area contributed by atoms with Crippen molar-refractivity contribution in [2.45, 2.75) is 25.6 Å². The Bertz CT molecular complexity index is 1450. The van der Waals surface area contributed by atoms with Crippen LogP contribution in [0.3, 0.4) is 0 Å². The standard InChI is InChI=1S/C24H16ClF4N5/c1-12-8-20(24(27,28)29)33-23(31-12)34-7-6-15-16-9-17(25)18(26)10-19(16)32-21(15)22(34)14-4-2-13(11-30)3-5-14/h2-5,8-10,22,32H,6-7H2,1H3. The monoisotopic (exact) mass is 485 g/mol. The second kappa shape index (κ2) is 7.99. The van der Waals surface area contributed by atoms with Crippen LogP contribution in [0.2, 0.25) is 5.02 Å². The van der Waals surface area contributed by atoms with Gasteiger partial charge in [0.25, 0.3) is 0 Å². The van der Waals surface area contributed by atoms with Crippen molar-refractivity contribution in [3.63, 3.8) is 0 Å². The molecule has 0 aliphatic carbocycles. The molecule has 3 heterocycles. The van der Waals surface area contributed by atoms with E-state index in [4.69, 9.17) is 11.6 Å². The van der Waals surface area contributed by atoms with Crippen molar-refractivity contribution >= 4 is 28.5 Å². The van der Waals surface area contributed by atoms with Crippen LogP contribution in [-0.2, 0) is 12.6 Å². The number of anilines is 1. The summed E-state index contributed by atoms with van der Waals surface area (Å²) in [5, 5.41) is 9.91. The summed E-state index contributed by atoms with van der Waals surface area (Å²) in [5.41, 5.74) is 2.45. The molecule has 4 aromatic rings. The number of alkyl halides is 3. The molecular formula is C24H16ClF4N5. The van der Waals surface area contributed by atoms with Crippen molar-refractivity contribution in [3.8, 4) is 6.07 Å². The number of H-pyrrole nitrogens is 1. The SMILES string of the molecule is Cc1cc(C(F)(F)F)nc(N2CCc3c([nH]c4cc(F)c(Cl)cc34)C2c2ccc(C#N)cc2)n1. The van der Waals surface area contributed by atoms with Crippen LogP contribution in [0, 0.1) is 24.1 Å². The molecule has 0 fully saturated rings. The predicted octanol–water partition coefficient (Wildman–Crippen LogP) is 6.10. The molecule has 2 aromatic heterocycles. The summed E-state index contributed by atoms with van der Waals surface area (Å²) >= 11 is 6.02. The molecule has 2 aromatic carbocycles. The zero-order chi connectivity index (χ0) is 24.2. The molecule has 0 amide bonds. The number of aryl methyl sites for hydroxylation is 1. The van der Waals surface area contributed by atoms with Gasteiger partial charge in [-0.15, -0.1) is 0 Å². The third-order valence-electron chi connectivity index (χ3n) is 5.91. The van der Waals surface area contributed by atoms with E-state index < -0.39 is 23.7 Å². The van der Waals surface area contributed by atoms with Crippen LogP contribution in [0.1, 0.15) is 39.8 Å². The molecule has 0 bridgehead atoms. The quantitative estimate of drug-likeness (QED) is 0.348. The van der Waals surface area contributed by atoms with Crippen molar-refractivity contribution in [2.75, 3.05) is 11.4 Å². The lowest BCUT2D eigenvalue weighted by molar-refractivity contribution is -0.141. The van der Waals surface area contributed by atoms with Gasteiger partial charge in [-0.25, -0.2) is 14.4 Å². The minimum absolute atomic E-state index is 0.0107. The van der Waals surface area contributed by atoms with E-state index in [1.165, 1.54) is 13.0 Å². The van der Waals surface area contributed by atoms with Gasteiger partial charge in [-0.2, -0.15) is 18.4 Å². The van der Waals surface area contributed by atoms with Gasteiger partial charge in [0.1, 0.15) is 11.5 Å². The molecule has 34 heavy (non-hydrogen) atoms. The summed E-state index contributed by atoms with van der Waals surface area (Å²) in [5.74, 6) is -0.633. The molecule has 0 saturated heterocycles. The van der Waals surface area contributed by atoms with Gasteiger partial charge in [-0.05, 0) is 54.8 Å². The van der Waals surface area contributed by atoms with Crippen molar-refractivity contribution in [3.05, 3.63) is 87.1 Å². The Morgan fingerprint density at radius 3 is 2.56 bits per heavy atom. The predicted molar refractivity (Wildman–Crippen MR) is 119 cm³/mol. The van der Waals surface area contributed by atoms with Crippen LogP contribution < -0.4 is 4.90 Å². The minimum Gasteiger partial charge on any atom is -0.356 e. The number of aromatic amines is 1.